The summed E-state index contributed by atoms with van der Waals surface area (Å²) >= 11 is 0. The lowest BCUT2D eigenvalue weighted by Crippen LogP contribution is -2.32. The van der Waals surface area contributed by atoms with Crippen LogP contribution in [0.15, 0.2) is 22.7 Å². The van der Waals surface area contributed by atoms with Crippen molar-refractivity contribution in [2.45, 2.75) is 39.2 Å². The molecule has 1 fully saturated rings. The number of nitrogens with one attached hydrogen (secondary N) is 2. The van der Waals surface area contributed by atoms with Gasteiger partial charge in [0, 0.05) is 25.2 Å². The first-order valence-electron chi connectivity index (χ1n) is 8.35. The van der Waals surface area contributed by atoms with Gasteiger partial charge in [0.1, 0.15) is 11.5 Å². The van der Waals surface area contributed by atoms with E-state index < -0.39 is 0 Å². The SMILES string of the molecule is Cc1ccc(-c2[nH]ncc2CNCCN2CCCCCC2)o1. The molecule has 2 aromatic heterocycles. The minimum absolute atomic E-state index is 0.819. The smallest absolute Gasteiger partial charge is 0.152 e. The number of aryl methyl sites for hydroxylation is 1. The number of furan rings is 1. The molecule has 1 saturated heterocycles. The molecule has 1 aliphatic heterocycles. The van der Waals surface area contributed by atoms with Crippen LogP contribution in [0.5, 0.6) is 0 Å². The molecule has 3 rings (SSSR count). The molecule has 5 heteroatoms. The molecule has 22 heavy (non-hydrogen) atoms. The Kier molecular flexibility index (Phi) is 5.29. The summed E-state index contributed by atoms with van der Waals surface area (Å²) in [5.41, 5.74) is 2.14. The van der Waals surface area contributed by atoms with Gasteiger partial charge in [-0.25, -0.2) is 0 Å². The van der Waals surface area contributed by atoms with Crippen LogP contribution < -0.4 is 5.32 Å². The minimum Gasteiger partial charge on any atom is -0.460 e. The maximum Gasteiger partial charge on any atom is 0.152 e. The summed E-state index contributed by atoms with van der Waals surface area (Å²) in [6.07, 6.45) is 7.37. The number of likely N-dealkylation sites (tertiary alicyclic amines) is 1. The van der Waals surface area contributed by atoms with Gasteiger partial charge in [0.15, 0.2) is 5.76 Å². The highest BCUT2D eigenvalue weighted by atomic mass is 16.3. The highest BCUT2D eigenvalue weighted by Crippen LogP contribution is 2.23. The topological polar surface area (TPSA) is 57.1 Å². The Morgan fingerprint density at radius 1 is 1.23 bits per heavy atom. The van der Waals surface area contributed by atoms with Gasteiger partial charge in [-0.1, -0.05) is 12.8 Å². The zero-order chi connectivity index (χ0) is 15.2. The largest absolute Gasteiger partial charge is 0.460 e. The van der Waals surface area contributed by atoms with E-state index >= 15 is 0 Å². The fraction of sp³-hybridized carbons (Fsp3) is 0.588. The van der Waals surface area contributed by atoms with Crippen molar-refractivity contribution in [2.24, 2.45) is 0 Å². The van der Waals surface area contributed by atoms with Crippen molar-refractivity contribution >= 4 is 0 Å². The first kappa shape index (κ1) is 15.3. The minimum atomic E-state index is 0.819. The Morgan fingerprint density at radius 3 is 2.77 bits per heavy atom. The van der Waals surface area contributed by atoms with Crippen LogP contribution in [-0.2, 0) is 6.54 Å². The Morgan fingerprint density at radius 2 is 2.05 bits per heavy atom. The number of H-pyrrole nitrogens is 1. The van der Waals surface area contributed by atoms with Crippen molar-refractivity contribution in [3.05, 3.63) is 29.7 Å². The lowest BCUT2D eigenvalue weighted by Gasteiger charge is -2.19. The lowest BCUT2D eigenvalue weighted by atomic mass is 10.2. The summed E-state index contributed by atoms with van der Waals surface area (Å²) in [6, 6.07) is 3.97. The Balaban J connectivity index is 1.47. The molecule has 0 atom stereocenters. The molecule has 0 aliphatic carbocycles. The molecule has 2 N–H and O–H groups in total. The zero-order valence-corrected chi connectivity index (χ0v) is 13.4. The van der Waals surface area contributed by atoms with E-state index in [0.29, 0.717) is 0 Å². The van der Waals surface area contributed by atoms with Crippen LogP contribution in [0.4, 0.5) is 0 Å². The fourth-order valence-electron chi connectivity index (χ4n) is 3.05. The number of hydrogen-bond acceptors (Lipinski definition) is 4. The molecule has 0 radical (unpaired) electrons. The van der Waals surface area contributed by atoms with Crippen molar-refractivity contribution in [3.63, 3.8) is 0 Å². The van der Waals surface area contributed by atoms with Crippen LogP contribution >= 0.6 is 0 Å². The molecule has 0 spiro atoms. The number of nitrogens with zero attached hydrogens (tertiary/aromatic N) is 2. The predicted molar refractivity (Wildman–Crippen MR) is 87.6 cm³/mol. The van der Waals surface area contributed by atoms with Gasteiger partial charge >= 0.3 is 0 Å². The van der Waals surface area contributed by atoms with Gasteiger partial charge in [0.25, 0.3) is 0 Å². The number of rotatable bonds is 6. The Labute approximate surface area is 132 Å². The molecule has 0 amide bonds. The van der Waals surface area contributed by atoms with Crippen molar-refractivity contribution in [3.8, 4) is 11.5 Å². The second kappa shape index (κ2) is 7.61. The van der Waals surface area contributed by atoms with Crippen LogP contribution in [0.25, 0.3) is 11.5 Å². The monoisotopic (exact) mass is 302 g/mol. The summed E-state index contributed by atoms with van der Waals surface area (Å²) in [5, 5.41) is 10.7. The van der Waals surface area contributed by atoms with Crippen molar-refractivity contribution < 1.29 is 4.42 Å². The van der Waals surface area contributed by atoms with Gasteiger partial charge in [-0.3, -0.25) is 5.10 Å². The third-order valence-electron chi connectivity index (χ3n) is 4.32. The summed E-state index contributed by atoms with van der Waals surface area (Å²) in [7, 11) is 0. The van der Waals surface area contributed by atoms with Crippen molar-refractivity contribution in [1.29, 1.82) is 0 Å². The van der Waals surface area contributed by atoms with E-state index in [4.69, 9.17) is 4.42 Å². The van der Waals surface area contributed by atoms with Crippen LogP contribution in [0.3, 0.4) is 0 Å². The van der Waals surface area contributed by atoms with Crippen LogP contribution in [0, 0.1) is 6.92 Å². The van der Waals surface area contributed by atoms with Gasteiger partial charge < -0.3 is 14.6 Å². The van der Waals surface area contributed by atoms with Crippen molar-refractivity contribution in [2.75, 3.05) is 26.2 Å². The molecule has 5 nitrogen and oxygen atoms in total. The highest BCUT2D eigenvalue weighted by Gasteiger charge is 2.11. The molecule has 0 saturated carbocycles. The molecular formula is C17H26N4O. The third-order valence-corrected chi connectivity index (χ3v) is 4.32. The highest BCUT2D eigenvalue weighted by molar-refractivity contribution is 5.56. The zero-order valence-electron chi connectivity index (χ0n) is 13.4. The third kappa shape index (κ3) is 3.99. The van der Waals surface area contributed by atoms with Crippen LogP contribution in [0.2, 0.25) is 0 Å². The predicted octanol–water partition coefficient (Wildman–Crippen LogP) is 2.94. The van der Waals surface area contributed by atoms with E-state index in [1.54, 1.807) is 0 Å². The quantitative estimate of drug-likeness (QED) is 0.806. The average molecular weight is 302 g/mol. The number of hydrogen-bond donors (Lipinski definition) is 2. The number of aromatic nitrogens is 2. The van der Waals surface area contributed by atoms with E-state index in [-0.39, 0.29) is 0 Å². The molecule has 0 unspecified atom stereocenters. The number of aromatic amines is 1. The van der Waals surface area contributed by atoms with Crippen molar-refractivity contribution in [1.82, 2.24) is 20.4 Å². The van der Waals surface area contributed by atoms with Gasteiger partial charge in [-0.05, 0) is 45.0 Å². The average Bonchev–Trinajstić information content (AvgIpc) is 3.06. The van der Waals surface area contributed by atoms with E-state index in [0.717, 1.165) is 42.4 Å². The second-order valence-electron chi connectivity index (χ2n) is 6.11. The van der Waals surface area contributed by atoms with E-state index in [2.05, 4.69) is 20.4 Å². The maximum atomic E-state index is 5.68. The van der Waals surface area contributed by atoms with Gasteiger partial charge in [-0.15, -0.1) is 0 Å². The Bertz CT molecular complexity index is 567. The second-order valence-corrected chi connectivity index (χ2v) is 6.11. The molecule has 3 heterocycles. The summed E-state index contributed by atoms with van der Waals surface area (Å²) in [4.78, 5) is 2.58. The molecule has 120 valence electrons. The lowest BCUT2D eigenvalue weighted by molar-refractivity contribution is 0.284. The summed E-state index contributed by atoms with van der Waals surface area (Å²) < 4.78 is 5.68. The molecular weight excluding hydrogens is 276 g/mol. The van der Waals surface area contributed by atoms with Crippen LogP contribution in [0.1, 0.15) is 37.0 Å². The molecule has 2 aromatic rings. The van der Waals surface area contributed by atoms with Gasteiger partial charge in [0.05, 0.1) is 6.20 Å². The summed E-state index contributed by atoms with van der Waals surface area (Å²) in [5.74, 6) is 1.78. The normalized spacial score (nSPS) is 16.8. The fourth-order valence-corrected chi connectivity index (χ4v) is 3.05. The first-order valence-corrected chi connectivity index (χ1v) is 8.35. The maximum absolute atomic E-state index is 5.68. The van der Waals surface area contributed by atoms with Crippen LogP contribution in [-0.4, -0.2) is 41.3 Å². The molecule has 0 aromatic carbocycles. The van der Waals surface area contributed by atoms with E-state index in [1.165, 1.54) is 38.8 Å². The summed E-state index contributed by atoms with van der Waals surface area (Å²) in [6.45, 7) is 7.43. The van der Waals surface area contributed by atoms with E-state index in [1.807, 2.05) is 25.3 Å². The molecule has 1 aliphatic rings. The van der Waals surface area contributed by atoms with E-state index in [9.17, 15) is 0 Å². The van der Waals surface area contributed by atoms with Gasteiger partial charge in [-0.2, -0.15) is 5.10 Å². The Hall–Kier alpha value is -1.59. The van der Waals surface area contributed by atoms with Gasteiger partial charge in [0.2, 0.25) is 0 Å². The first-order chi connectivity index (χ1) is 10.8. The standard InChI is InChI=1S/C17H26N4O/c1-14-6-7-16(22-14)17-15(13-19-20-17)12-18-8-11-21-9-4-2-3-5-10-21/h6-7,13,18H,2-5,8-12H2,1H3,(H,19,20). The molecule has 0 bridgehead atoms.